The highest BCUT2D eigenvalue weighted by Gasteiger charge is 2.39. The van der Waals surface area contributed by atoms with Crippen molar-refractivity contribution in [1.82, 2.24) is 0 Å². The molecule has 0 atom stereocenters. The lowest BCUT2D eigenvalue weighted by molar-refractivity contribution is 0.0695. The van der Waals surface area contributed by atoms with Gasteiger partial charge in [-0.05, 0) is 49.2 Å². The second kappa shape index (κ2) is 8.20. The Bertz CT molecular complexity index is 1310. The molecule has 0 aliphatic heterocycles. The molecule has 11 heteroatoms. The predicted molar refractivity (Wildman–Crippen MR) is 114 cm³/mol. The van der Waals surface area contributed by atoms with Crippen molar-refractivity contribution in [2.45, 2.75) is 13.8 Å². The molecule has 0 amide bonds. The number of benzene rings is 3. The summed E-state index contributed by atoms with van der Waals surface area (Å²) < 4.78 is 0. The minimum absolute atomic E-state index is 0.219. The van der Waals surface area contributed by atoms with Crippen LogP contribution in [0.4, 0.5) is 0 Å². The van der Waals surface area contributed by atoms with Gasteiger partial charge in [-0.15, -0.1) is 0 Å². The molecular formula is C23H18O11. The molecule has 0 bridgehead atoms. The number of aryl methyl sites for hydroxylation is 2. The van der Waals surface area contributed by atoms with Gasteiger partial charge in [0.05, 0.1) is 27.8 Å². The molecule has 0 heterocycles. The molecule has 3 aromatic carbocycles. The standard InChI is InChI=1S/C16H12O6.C7H6O5/c1-5-3-7(17)9-11(13(5)19)15(21)10-8(18)4-6(2)14(20)12(10)16(9)22;8-4-1-3(7(11)12)2-5(9)6(4)10/h3-4,17-20H,1-2H3;1-2,8-10H,(H,11,12). The number of carboxylic acids is 1. The lowest BCUT2D eigenvalue weighted by Gasteiger charge is -2.22. The van der Waals surface area contributed by atoms with Crippen molar-refractivity contribution in [3.63, 3.8) is 0 Å². The van der Waals surface area contributed by atoms with Crippen LogP contribution in [0.1, 0.15) is 53.3 Å². The summed E-state index contributed by atoms with van der Waals surface area (Å²) in [7, 11) is 0. The molecule has 0 aromatic heterocycles. The number of carboxylic acid groups (broad SMARTS) is 1. The fourth-order valence-electron chi connectivity index (χ4n) is 3.46. The van der Waals surface area contributed by atoms with Crippen molar-refractivity contribution in [2.24, 2.45) is 0 Å². The molecular weight excluding hydrogens is 452 g/mol. The number of fused-ring (bicyclic) bond motifs is 2. The van der Waals surface area contributed by atoms with Gasteiger partial charge >= 0.3 is 5.97 Å². The fourth-order valence-corrected chi connectivity index (χ4v) is 3.46. The van der Waals surface area contributed by atoms with Gasteiger partial charge in [-0.25, -0.2) is 4.79 Å². The summed E-state index contributed by atoms with van der Waals surface area (Å²) >= 11 is 0. The SMILES string of the molecule is Cc1cc(O)c2c(c1O)C(=O)c1c(O)cc(C)c(O)c1C2=O.O=C(O)c1cc(O)c(O)c(O)c1. The Morgan fingerprint density at radius 3 is 1.24 bits per heavy atom. The Labute approximate surface area is 190 Å². The summed E-state index contributed by atoms with van der Waals surface area (Å²) in [5.74, 6) is -6.78. The maximum absolute atomic E-state index is 12.6. The zero-order valence-corrected chi connectivity index (χ0v) is 17.6. The van der Waals surface area contributed by atoms with E-state index in [2.05, 4.69) is 0 Å². The maximum atomic E-state index is 12.6. The maximum Gasteiger partial charge on any atom is 0.335 e. The molecule has 0 spiro atoms. The average molecular weight is 470 g/mol. The number of phenols is 7. The molecule has 1 aliphatic carbocycles. The van der Waals surface area contributed by atoms with Gasteiger partial charge in [0.1, 0.15) is 23.0 Å². The number of aromatic hydroxyl groups is 7. The molecule has 0 unspecified atom stereocenters. The number of carbonyl (C=O) groups is 3. The van der Waals surface area contributed by atoms with Crippen LogP contribution < -0.4 is 0 Å². The zero-order chi connectivity index (χ0) is 25.6. The van der Waals surface area contributed by atoms with Gasteiger partial charge in [0, 0.05) is 0 Å². The van der Waals surface area contributed by atoms with Crippen LogP contribution in [-0.2, 0) is 0 Å². The number of hydrogen-bond acceptors (Lipinski definition) is 10. The first-order valence-corrected chi connectivity index (χ1v) is 9.46. The van der Waals surface area contributed by atoms with Crippen molar-refractivity contribution in [3.05, 3.63) is 63.2 Å². The first-order valence-electron chi connectivity index (χ1n) is 9.46. The van der Waals surface area contributed by atoms with Gasteiger partial charge in [-0.2, -0.15) is 0 Å². The molecule has 0 saturated heterocycles. The minimum Gasteiger partial charge on any atom is -0.507 e. The zero-order valence-electron chi connectivity index (χ0n) is 17.6. The van der Waals surface area contributed by atoms with Gasteiger partial charge in [-0.3, -0.25) is 9.59 Å². The molecule has 0 fully saturated rings. The third-order valence-electron chi connectivity index (χ3n) is 5.16. The fraction of sp³-hybridized carbons (Fsp3) is 0.0870. The van der Waals surface area contributed by atoms with Crippen molar-refractivity contribution < 1.29 is 55.2 Å². The van der Waals surface area contributed by atoms with Crippen LogP contribution in [0.25, 0.3) is 0 Å². The largest absolute Gasteiger partial charge is 0.507 e. The van der Waals surface area contributed by atoms with Crippen LogP contribution in [0.5, 0.6) is 40.2 Å². The highest BCUT2D eigenvalue weighted by atomic mass is 16.4. The molecule has 34 heavy (non-hydrogen) atoms. The van der Waals surface area contributed by atoms with Crippen molar-refractivity contribution in [2.75, 3.05) is 0 Å². The molecule has 1 aliphatic rings. The summed E-state index contributed by atoms with van der Waals surface area (Å²) in [5.41, 5.74) is -1.33. The van der Waals surface area contributed by atoms with E-state index in [4.69, 9.17) is 20.4 Å². The van der Waals surface area contributed by atoms with E-state index in [1.807, 2.05) is 0 Å². The van der Waals surface area contributed by atoms with E-state index in [0.29, 0.717) is 0 Å². The number of aromatic carboxylic acids is 1. The lowest BCUT2D eigenvalue weighted by atomic mass is 9.80. The monoisotopic (exact) mass is 470 g/mol. The van der Waals surface area contributed by atoms with Crippen LogP contribution in [0.15, 0.2) is 24.3 Å². The summed E-state index contributed by atoms with van der Waals surface area (Å²) in [6, 6.07) is 4.02. The third-order valence-corrected chi connectivity index (χ3v) is 5.16. The Morgan fingerprint density at radius 1 is 0.559 bits per heavy atom. The van der Waals surface area contributed by atoms with Gasteiger partial charge in [0.25, 0.3) is 0 Å². The van der Waals surface area contributed by atoms with E-state index in [1.54, 1.807) is 0 Å². The number of ketones is 2. The highest BCUT2D eigenvalue weighted by molar-refractivity contribution is 6.32. The van der Waals surface area contributed by atoms with Crippen LogP contribution in [0.2, 0.25) is 0 Å². The Kier molecular flexibility index (Phi) is 5.73. The molecule has 0 radical (unpaired) electrons. The second-order valence-electron chi connectivity index (χ2n) is 7.45. The van der Waals surface area contributed by atoms with Gasteiger partial charge in [-0.1, -0.05) is 0 Å². The van der Waals surface area contributed by atoms with E-state index >= 15 is 0 Å². The minimum atomic E-state index is -1.29. The van der Waals surface area contributed by atoms with Crippen molar-refractivity contribution >= 4 is 17.5 Å². The van der Waals surface area contributed by atoms with E-state index in [9.17, 15) is 34.8 Å². The van der Waals surface area contributed by atoms with Gasteiger partial charge < -0.3 is 40.9 Å². The molecule has 176 valence electrons. The highest BCUT2D eigenvalue weighted by Crippen LogP contribution is 2.45. The van der Waals surface area contributed by atoms with Crippen LogP contribution in [-0.4, -0.2) is 58.4 Å². The van der Waals surface area contributed by atoms with E-state index in [1.165, 1.54) is 13.8 Å². The molecule has 0 saturated carbocycles. The van der Waals surface area contributed by atoms with Crippen molar-refractivity contribution in [1.29, 1.82) is 0 Å². The Morgan fingerprint density at radius 2 is 0.912 bits per heavy atom. The summed E-state index contributed by atoms with van der Waals surface area (Å²) in [6.45, 7) is 2.93. The summed E-state index contributed by atoms with van der Waals surface area (Å²) in [5, 5.41) is 75.0. The van der Waals surface area contributed by atoms with Crippen LogP contribution >= 0.6 is 0 Å². The van der Waals surface area contributed by atoms with Crippen molar-refractivity contribution in [3.8, 4) is 40.2 Å². The van der Waals surface area contributed by atoms with E-state index in [-0.39, 0.29) is 38.9 Å². The number of carbonyl (C=O) groups excluding carboxylic acids is 2. The second-order valence-corrected chi connectivity index (χ2v) is 7.45. The Balaban J connectivity index is 0.000000229. The predicted octanol–water partition coefficient (Wildman–Crippen LogP) is 2.40. The quantitative estimate of drug-likeness (QED) is 0.149. The summed E-state index contributed by atoms with van der Waals surface area (Å²) in [6.07, 6.45) is 0. The number of rotatable bonds is 1. The molecule has 3 aromatic rings. The van der Waals surface area contributed by atoms with Crippen LogP contribution in [0.3, 0.4) is 0 Å². The lowest BCUT2D eigenvalue weighted by Crippen LogP contribution is -2.22. The first-order chi connectivity index (χ1) is 15.8. The molecule has 4 rings (SSSR count). The third kappa shape index (κ3) is 3.64. The van der Waals surface area contributed by atoms with E-state index < -0.39 is 57.8 Å². The summed E-state index contributed by atoms with van der Waals surface area (Å²) in [4.78, 5) is 35.5. The Hall–Kier alpha value is -4.93. The van der Waals surface area contributed by atoms with Gasteiger partial charge in [0.2, 0.25) is 11.6 Å². The van der Waals surface area contributed by atoms with E-state index in [0.717, 1.165) is 24.3 Å². The van der Waals surface area contributed by atoms with Gasteiger partial charge in [0.15, 0.2) is 17.2 Å². The molecule has 8 N–H and O–H groups in total. The normalized spacial score (nSPS) is 11.8. The number of hydrogen-bond donors (Lipinski definition) is 8. The smallest absolute Gasteiger partial charge is 0.335 e. The van der Waals surface area contributed by atoms with Crippen LogP contribution in [0, 0.1) is 13.8 Å². The average Bonchev–Trinajstić information content (AvgIpc) is 2.75. The topological polar surface area (TPSA) is 213 Å². The molecule has 11 nitrogen and oxygen atoms in total. The number of phenolic OH excluding ortho intramolecular Hbond substituents is 7. The first kappa shape index (κ1) is 23.7.